The summed E-state index contributed by atoms with van der Waals surface area (Å²) in [7, 11) is 0. The van der Waals surface area contributed by atoms with E-state index >= 15 is 0 Å². The summed E-state index contributed by atoms with van der Waals surface area (Å²) in [5, 5.41) is 11.4. The normalized spacial score (nSPS) is 17.6. The number of carboxylic acid groups (broad SMARTS) is 1. The predicted molar refractivity (Wildman–Crippen MR) is 75.8 cm³/mol. The highest BCUT2D eigenvalue weighted by Gasteiger charge is 2.26. The zero-order chi connectivity index (χ0) is 15.7. The van der Waals surface area contributed by atoms with Gasteiger partial charge in [-0.05, 0) is 32.1 Å². The molecule has 1 atom stereocenters. The van der Waals surface area contributed by atoms with Crippen molar-refractivity contribution in [3.05, 3.63) is 0 Å². The molecule has 1 aliphatic rings. The van der Waals surface area contributed by atoms with Crippen LogP contribution in [0.4, 0.5) is 4.79 Å². The summed E-state index contributed by atoms with van der Waals surface area (Å²) >= 11 is 0. The summed E-state index contributed by atoms with van der Waals surface area (Å²) < 4.78 is 4.80. The van der Waals surface area contributed by atoms with Crippen LogP contribution in [-0.4, -0.2) is 54.2 Å². The number of esters is 1. The van der Waals surface area contributed by atoms with Crippen LogP contribution in [0.25, 0.3) is 0 Å². The van der Waals surface area contributed by atoms with Crippen molar-refractivity contribution in [3.8, 4) is 0 Å². The highest BCUT2D eigenvalue weighted by atomic mass is 16.5. The highest BCUT2D eigenvalue weighted by Crippen LogP contribution is 2.20. The first kappa shape index (κ1) is 17.3. The maximum absolute atomic E-state index is 11.9. The quantitative estimate of drug-likeness (QED) is 0.519. The molecule has 1 rings (SSSR count). The Morgan fingerprint density at radius 2 is 2.10 bits per heavy atom. The van der Waals surface area contributed by atoms with Crippen molar-refractivity contribution in [3.63, 3.8) is 0 Å². The van der Waals surface area contributed by atoms with Gasteiger partial charge in [0.25, 0.3) is 0 Å². The van der Waals surface area contributed by atoms with E-state index in [4.69, 9.17) is 9.84 Å². The van der Waals surface area contributed by atoms with Gasteiger partial charge in [-0.25, -0.2) is 4.79 Å². The molecule has 0 aliphatic carbocycles. The molecule has 1 unspecified atom stereocenters. The second-order valence-electron chi connectivity index (χ2n) is 5.17. The lowest BCUT2D eigenvalue weighted by molar-refractivity contribution is -0.143. The lowest BCUT2D eigenvalue weighted by Gasteiger charge is -2.17. The smallest absolute Gasteiger partial charge is 0.317 e. The summed E-state index contributed by atoms with van der Waals surface area (Å²) in [6.07, 6.45) is 2.47. The molecule has 2 N–H and O–H groups in total. The van der Waals surface area contributed by atoms with Crippen LogP contribution in [0.5, 0.6) is 0 Å². The van der Waals surface area contributed by atoms with E-state index in [2.05, 4.69) is 5.32 Å². The van der Waals surface area contributed by atoms with Crippen LogP contribution in [0.2, 0.25) is 0 Å². The van der Waals surface area contributed by atoms with Gasteiger partial charge in [0.1, 0.15) is 0 Å². The molecule has 0 aromatic carbocycles. The third kappa shape index (κ3) is 6.97. The van der Waals surface area contributed by atoms with E-state index in [0.29, 0.717) is 45.5 Å². The van der Waals surface area contributed by atoms with E-state index in [1.165, 1.54) is 0 Å². The van der Waals surface area contributed by atoms with Crippen LogP contribution in [0.15, 0.2) is 0 Å². The Kier molecular flexibility index (Phi) is 7.56. The molecule has 7 nitrogen and oxygen atoms in total. The van der Waals surface area contributed by atoms with Gasteiger partial charge in [-0.2, -0.15) is 0 Å². The van der Waals surface area contributed by atoms with Gasteiger partial charge in [0, 0.05) is 32.5 Å². The molecule has 21 heavy (non-hydrogen) atoms. The van der Waals surface area contributed by atoms with Gasteiger partial charge in [-0.15, -0.1) is 0 Å². The monoisotopic (exact) mass is 300 g/mol. The van der Waals surface area contributed by atoms with Crippen molar-refractivity contribution < 1.29 is 24.2 Å². The molecule has 2 amide bonds. The third-order valence-corrected chi connectivity index (χ3v) is 3.48. The molecule has 0 bridgehead atoms. The standard InChI is InChI=1S/C14H24N2O5/c1-2-21-13(19)4-3-8-15-14(20)16-9-7-11(10-16)5-6-12(17)18/h11H,2-10H2,1H3,(H,15,20)(H,17,18). The average molecular weight is 300 g/mol. The fraction of sp³-hybridized carbons (Fsp3) is 0.786. The Balaban J connectivity index is 2.13. The molecule has 120 valence electrons. The highest BCUT2D eigenvalue weighted by molar-refractivity contribution is 5.74. The second kappa shape index (κ2) is 9.20. The van der Waals surface area contributed by atoms with E-state index < -0.39 is 5.97 Å². The largest absolute Gasteiger partial charge is 0.481 e. The number of amides is 2. The Bertz CT molecular complexity index is 372. The molecule has 0 aromatic heterocycles. The summed E-state index contributed by atoms with van der Waals surface area (Å²) in [6, 6.07) is -0.142. The Hall–Kier alpha value is -1.79. The van der Waals surface area contributed by atoms with Crippen LogP contribution in [0, 0.1) is 5.92 Å². The molecule has 0 saturated carbocycles. The molecule has 0 aromatic rings. The SMILES string of the molecule is CCOC(=O)CCCNC(=O)N1CCC(CCC(=O)O)C1. The summed E-state index contributed by atoms with van der Waals surface area (Å²) in [4.78, 5) is 35.2. The molecule has 1 fully saturated rings. The Morgan fingerprint density at radius 3 is 2.76 bits per heavy atom. The lowest BCUT2D eigenvalue weighted by atomic mass is 10.0. The summed E-state index contributed by atoms with van der Waals surface area (Å²) in [5.41, 5.74) is 0. The first-order valence-electron chi connectivity index (χ1n) is 7.43. The molecular weight excluding hydrogens is 276 g/mol. The number of carboxylic acids is 1. The van der Waals surface area contributed by atoms with Crippen molar-refractivity contribution in [1.82, 2.24) is 10.2 Å². The first-order chi connectivity index (χ1) is 10.0. The van der Waals surface area contributed by atoms with Crippen LogP contribution in [-0.2, 0) is 14.3 Å². The number of likely N-dealkylation sites (tertiary alicyclic amines) is 1. The Morgan fingerprint density at radius 1 is 1.33 bits per heavy atom. The van der Waals surface area contributed by atoms with Crippen LogP contribution in [0.3, 0.4) is 0 Å². The number of carbonyl (C=O) groups excluding carboxylic acids is 2. The van der Waals surface area contributed by atoms with Crippen LogP contribution < -0.4 is 5.32 Å². The predicted octanol–water partition coefficient (Wildman–Crippen LogP) is 1.23. The topological polar surface area (TPSA) is 95.9 Å². The molecule has 0 spiro atoms. The zero-order valence-electron chi connectivity index (χ0n) is 12.5. The van der Waals surface area contributed by atoms with E-state index in [1.54, 1.807) is 11.8 Å². The van der Waals surface area contributed by atoms with Gasteiger partial charge in [0.15, 0.2) is 0 Å². The van der Waals surface area contributed by atoms with E-state index in [9.17, 15) is 14.4 Å². The maximum atomic E-state index is 11.9. The summed E-state index contributed by atoms with van der Waals surface area (Å²) in [5.74, 6) is -0.773. The Labute approximate surface area is 124 Å². The van der Waals surface area contributed by atoms with Gasteiger partial charge in [0.05, 0.1) is 6.61 Å². The number of hydrogen-bond acceptors (Lipinski definition) is 4. The van der Waals surface area contributed by atoms with Crippen LogP contribution >= 0.6 is 0 Å². The van der Waals surface area contributed by atoms with Gasteiger partial charge in [-0.3, -0.25) is 9.59 Å². The maximum Gasteiger partial charge on any atom is 0.317 e. The molecule has 1 saturated heterocycles. The molecular formula is C14H24N2O5. The van der Waals surface area contributed by atoms with E-state index in [-0.39, 0.29) is 24.3 Å². The zero-order valence-corrected chi connectivity index (χ0v) is 12.5. The van der Waals surface area contributed by atoms with Gasteiger partial charge < -0.3 is 20.1 Å². The third-order valence-electron chi connectivity index (χ3n) is 3.48. The van der Waals surface area contributed by atoms with Gasteiger partial charge in [0.2, 0.25) is 0 Å². The molecule has 7 heteroatoms. The summed E-state index contributed by atoms with van der Waals surface area (Å²) in [6.45, 7) is 3.84. The minimum atomic E-state index is -0.795. The number of ether oxygens (including phenoxy) is 1. The van der Waals surface area contributed by atoms with Crippen molar-refractivity contribution in [1.29, 1.82) is 0 Å². The first-order valence-corrected chi connectivity index (χ1v) is 7.43. The number of urea groups is 1. The van der Waals surface area contributed by atoms with E-state index in [1.807, 2.05) is 0 Å². The minimum absolute atomic E-state index is 0.142. The molecule has 0 radical (unpaired) electrons. The van der Waals surface area contributed by atoms with Crippen molar-refractivity contribution >= 4 is 18.0 Å². The second-order valence-corrected chi connectivity index (χ2v) is 5.17. The fourth-order valence-corrected chi connectivity index (χ4v) is 2.35. The minimum Gasteiger partial charge on any atom is -0.481 e. The van der Waals surface area contributed by atoms with Crippen molar-refractivity contribution in [2.45, 2.75) is 39.0 Å². The average Bonchev–Trinajstić information content (AvgIpc) is 2.90. The number of nitrogens with one attached hydrogen (secondary N) is 1. The number of hydrogen-bond donors (Lipinski definition) is 2. The van der Waals surface area contributed by atoms with Gasteiger partial charge >= 0.3 is 18.0 Å². The molecule has 1 heterocycles. The van der Waals surface area contributed by atoms with Crippen molar-refractivity contribution in [2.75, 3.05) is 26.2 Å². The molecule has 1 aliphatic heterocycles. The van der Waals surface area contributed by atoms with Gasteiger partial charge in [-0.1, -0.05) is 0 Å². The van der Waals surface area contributed by atoms with E-state index in [0.717, 1.165) is 6.42 Å². The number of rotatable bonds is 8. The number of aliphatic carboxylic acids is 1. The van der Waals surface area contributed by atoms with Crippen molar-refractivity contribution in [2.24, 2.45) is 5.92 Å². The fourth-order valence-electron chi connectivity index (χ4n) is 2.35. The lowest BCUT2D eigenvalue weighted by Crippen LogP contribution is -2.39. The number of carbonyl (C=O) groups is 3. The number of nitrogens with zero attached hydrogens (tertiary/aromatic N) is 1. The van der Waals surface area contributed by atoms with Crippen LogP contribution in [0.1, 0.15) is 39.0 Å².